The van der Waals surface area contributed by atoms with Gasteiger partial charge in [-0.15, -0.1) is 0 Å². The number of carbonyl (C=O) groups excluding carboxylic acids is 1. The average molecular weight is 311 g/mol. The van der Waals surface area contributed by atoms with Crippen molar-refractivity contribution in [2.24, 2.45) is 7.05 Å². The highest BCUT2D eigenvalue weighted by atomic mass is 32.2. The molecule has 1 aliphatic rings. The molecule has 21 heavy (non-hydrogen) atoms. The van der Waals surface area contributed by atoms with Gasteiger partial charge in [-0.2, -0.15) is 16.9 Å². The Morgan fingerprint density at radius 2 is 2.24 bits per heavy atom. The summed E-state index contributed by atoms with van der Waals surface area (Å²) in [6.45, 7) is 6.07. The zero-order chi connectivity index (χ0) is 15.4. The predicted octanol–water partition coefficient (Wildman–Crippen LogP) is 2.21. The number of amides is 1. The van der Waals surface area contributed by atoms with Crippen LogP contribution in [0.2, 0.25) is 0 Å². The number of ether oxygens (including phenoxy) is 1. The van der Waals surface area contributed by atoms with Gasteiger partial charge in [0.2, 0.25) is 0 Å². The number of aromatic nitrogens is 2. The van der Waals surface area contributed by atoms with E-state index in [4.69, 9.17) is 4.74 Å². The molecule has 0 bridgehead atoms. The van der Waals surface area contributed by atoms with E-state index in [0.717, 1.165) is 29.3 Å². The molecule has 0 saturated heterocycles. The van der Waals surface area contributed by atoms with Gasteiger partial charge in [0, 0.05) is 18.3 Å². The molecule has 1 heterocycles. The lowest BCUT2D eigenvalue weighted by Crippen LogP contribution is -2.41. The lowest BCUT2D eigenvalue weighted by atomic mass is 10.2. The van der Waals surface area contributed by atoms with Crippen LogP contribution in [0.3, 0.4) is 0 Å². The number of thioether (sulfide) groups is 1. The second-order valence-corrected chi connectivity index (χ2v) is 7.03. The molecule has 1 amide bonds. The van der Waals surface area contributed by atoms with Gasteiger partial charge < -0.3 is 10.1 Å². The minimum Gasteiger partial charge on any atom is -0.480 e. The number of hydrogen-bond donors (Lipinski definition) is 1. The van der Waals surface area contributed by atoms with Crippen LogP contribution in [0.1, 0.15) is 37.6 Å². The second kappa shape index (κ2) is 7.20. The van der Waals surface area contributed by atoms with E-state index in [-0.39, 0.29) is 12.5 Å². The van der Waals surface area contributed by atoms with E-state index in [9.17, 15) is 4.79 Å². The number of aryl methyl sites for hydroxylation is 2. The van der Waals surface area contributed by atoms with Crippen molar-refractivity contribution >= 4 is 17.7 Å². The molecular formula is C15H25N3O2S. The summed E-state index contributed by atoms with van der Waals surface area (Å²) in [4.78, 5) is 12.1. The van der Waals surface area contributed by atoms with Crippen LogP contribution in [0.4, 0.5) is 0 Å². The summed E-state index contributed by atoms with van der Waals surface area (Å²) in [6.07, 6.45) is 3.48. The lowest BCUT2D eigenvalue weighted by Gasteiger charge is -2.20. The molecule has 1 fully saturated rings. The second-order valence-electron chi connectivity index (χ2n) is 5.51. The molecule has 0 unspecified atom stereocenters. The summed E-state index contributed by atoms with van der Waals surface area (Å²) in [5.41, 5.74) is 1.77. The van der Waals surface area contributed by atoms with Crippen LogP contribution in [0.5, 0.6) is 5.75 Å². The molecule has 2 atom stereocenters. The highest BCUT2D eigenvalue weighted by molar-refractivity contribution is 7.99. The molecule has 6 heteroatoms. The van der Waals surface area contributed by atoms with E-state index in [0.29, 0.717) is 11.3 Å². The average Bonchev–Trinajstić information content (AvgIpc) is 2.95. The molecule has 1 N–H and O–H groups in total. The van der Waals surface area contributed by atoms with E-state index in [2.05, 4.69) is 17.3 Å². The Bertz CT molecular complexity index is 501. The van der Waals surface area contributed by atoms with E-state index < -0.39 is 0 Å². The first-order valence-corrected chi connectivity index (χ1v) is 8.61. The molecular weight excluding hydrogens is 286 g/mol. The largest absolute Gasteiger partial charge is 0.480 e. The Morgan fingerprint density at radius 1 is 1.48 bits per heavy atom. The van der Waals surface area contributed by atoms with Crippen molar-refractivity contribution in [2.75, 3.05) is 12.4 Å². The van der Waals surface area contributed by atoms with Gasteiger partial charge in [0.25, 0.3) is 5.91 Å². The number of carbonyl (C=O) groups is 1. The zero-order valence-electron chi connectivity index (χ0n) is 13.3. The first kappa shape index (κ1) is 16.2. The van der Waals surface area contributed by atoms with Gasteiger partial charge in [-0.3, -0.25) is 9.48 Å². The van der Waals surface area contributed by atoms with Crippen molar-refractivity contribution < 1.29 is 9.53 Å². The van der Waals surface area contributed by atoms with Crippen molar-refractivity contribution in [3.05, 3.63) is 11.4 Å². The smallest absolute Gasteiger partial charge is 0.258 e. The highest BCUT2D eigenvalue weighted by Gasteiger charge is 2.28. The molecule has 1 aromatic rings. The minimum absolute atomic E-state index is 0.0359. The molecule has 1 aliphatic carbocycles. The standard InChI is InChI=1S/C15H25N3O2S/c1-5-21-13-8-6-7-12(13)16-14(19)9-20-15-10(2)17-18(4)11(15)3/h12-13H,5-9H2,1-4H3,(H,16,19)/t12-,13-/m0/s1. The van der Waals surface area contributed by atoms with Gasteiger partial charge >= 0.3 is 0 Å². The summed E-state index contributed by atoms with van der Waals surface area (Å²) in [6, 6.07) is 0.294. The van der Waals surface area contributed by atoms with Crippen LogP contribution in [0.15, 0.2) is 0 Å². The van der Waals surface area contributed by atoms with Crippen molar-refractivity contribution in [2.45, 2.75) is 51.3 Å². The van der Waals surface area contributed by atoms with E-state index in [1.54, 1.807) is 4.68 Å². The van der Waals surface area contributed by atoms with E-state index in [1.165, 1.54) is 12.8 Å². The van der Waals surface area contributed by atoms with Gasteiger partial charge in [0.05, 0.1) is 5.69 Å². The Hall–Kier alpha value is -1.17. The maximum atomic E-state index is 12.1. The maximum absolute atomic E-state index is 12.1. The molecule has 5 nitrogen and oxygen atoms in total. The van der Waals surface area contributed by atoms with Crippen LogP contribution in [-0.2, 0) is 11.8 Å². The van der Waals surface area contributed by atoms with Crippen molar-refractivity contribution in [3.8, 4) is 5.75 Å². The van der Waals surface area contributed by atoms with Crippen molar-refractivity contribution in [1.29, 1.82) is 0 Å². The molecule has 0 radical (unpaired) electrons. The van der Waals surface area contributed by atoms with Crippen molar-refractivity contribution in [3.63, 3.8) is 0 Å². The molecule has 1 aromatic heterocycles. The molecule has 0 spiro atoms. The van der Waals surface area contributed by atoms with Crippen LogP contribution < -0.4 is 10.1 Å². The molecule has 2 rings (SSSR count). The third-order valence-electron chi connectivity index (χ3n) is 3.97. The SMILES string of the molecule is CCS[C@H]1CCC[C@@H]1NC(=O)COc1c(C)nn(C)c1C. The number of rotatable bonds is 6. The summed E-state index contributed by atoms with van der Waals surface area (Å²) in [5, 5.41) is 7.96. The third kappa shape index (κ3) is 3.93. The van der Waals surface area contributed by atoms with Gasteiger partial charge in [0.1, 0.15) is 5.69 Å². The summed E-state index contributed by atoms with van der Waals surface area (Å²) in [7, 11) is 1.88. The fraction of sp³-hybridized carbons (Fsp3) is 0.733. The molecule has 0 aromatic carbocycles. The predicted molar refractivity (Wildman–Crippen MR) is 85.9 cm³/mol. The highest BCUT2D eigenvalue weighted by Crippen LogP contribution is 2.29. The first-order chi connectivity index (χ1) is 10.0. The quantitative estimate of drug-likeness (QED) is 0.875. The number of hydrogen-bond acceptors (Lipinski definition) is 4. The summed E-state index contributed by atoms with van der Waals surface area (Å²) < 4.78 is 7.42. The Labute approximate surface area is 130 Å². The van der Waals surface area contributed by atoms with Crippen molar-refractivity contribution in [1.82, 2.24) is 15.1 Å². The fourth-order valence-electron chi connectivity index (χ4n) is 2.85. The first-order valence-electron chi connectivity index (χ1n) is 7.56. The molecule has 118 valence electrons. The summed E-state index contributed by atoms with van der Waals surface area (Å²) >= 11 is 1.94. The van der Waals surface area contributed by atoms with Crippen LogP contribution in [-0.4, -0.2) is 39.3 Å². The van der Waals surface area contributed by atoms with Crippen LogP contribution in [0.25, 0.3) is 0 Å². The third-order valence-corrected chi connectivity index (χ3v) is 5.30. The minimum atomic E-state index is -0.0359. The Balaban J connectivity index is 1.85. The van der Waals surface area contributed by atoms with Gasteiger partial charge in [-0.25, -0.2) is 0 Å². The van der Waals surface area contributed by atoms with Gasteiger partial charge in [-0.05, 0) is 32.4 Å². The maximum Gasteiger partial charge on any atom is 0.258 e. The fourth-order valence-corrected chi connectivity index (χ4v) is 4.05. The monoisotopic (exact) mass is 311 g/mol. The van der Waals surface area contributed by atoms with Crippen LogP contribution in [0, 0.1) is 13.8 Å². The van der Waals surface area contributed by atoms with Crippen LogP contribution >= 0.6 is 11.8 Å². The normalized spacial score (nSPS) is 21.5. The topological polar surface area (TPSA) is 56.1 Å². The van der Waals surface area contributed by atoms with E-state index in [1.807, 2.05) is 32.7 Å². The van der Waals surface area contributed by atoms with Gasteiger partial charge in [0.15, 0.2) is 12.4 Å². The van der Waals surface area contributed by atoms with Gasteiger partial charge in [-0.1, -0.05) is 13.3 Å². The number of nitrogens with one attached hydrogen (secondary N) is 1. The lowest BCUT2D eigenvalue weighted by molar-refractivity contribution is -0.123. The summed E-state index contributed by atoms with van der Waals surface area (Å²) in [5.74, 6) is 1.78. The number of nitrogens with zero attached hydrogens (tertiary/aromatic N) is 2. The zero-order valence-corrected chi connectivity index (χ0v) is 14.1. The Morgan fingerprint density at radius 3 is 2.86 bits per heavy atom. The Kier molecular flexibility index (Phi) is 5.56. The molecule has 1 saturated carbocycles. The molecule has 0 aliphatic heterocycles. The van der Waals surface area contributed by atoms with E-state index >= 15 is 0 Å².